The maximum absolute atomic E-state index is 5.60. The zero-order valence-electron chi connectivity index (χ0n) is 13.0. The second-order valence-corrected chi connectivity index (χ2v) is 5.06. The predicted octanol–water partition coefficient (Wildman–Crippen LogP) is 2.75. The second-order valence-electron chi connectivity index (χ2n) is 5.06. The van der Waals surface area contributed by atoms with E-state index < -0.39 is 0 Å². The Hall–Kier alpha value is -2.63. The lowest BCUT2D eigenvalue weighted by Crippen LogP contribution is -2.04. The average molecular weight is 297 g/mol. The molecule has 0 spiro atoms. The van der Waals surface area contributed by atoms with E-state index in [0.717, 1.165) is 22.8 Å². The monoisotopic (exact) mass is 297 g/mol. The summed E-state index contributed by atoms with van der Waals surface area (Å²) in [5.74, 6) is 2.17. The number of aromatic nitrogens is 4. The standard InChI is InChI=1S/C16H19N5O/c1-4-22-14-8-6-5-7-13(14)17-10-15-19-16-18-11(2)9-12(3)21(16)20-15/h5-9,17H,4,10H2,1-3H3. The number of para-hydroxylation sites is 2. The molecule has 0 aliphatic carbocycles. The van der Waals surface area contributed by atoms with E-state index in [4.69, 9.17) is 4.74 Å². The fraction of sp³-hybridized carbons (Fsp3) is 0.312. The van der Waals surface area contributed by atoms with Crippen molar-refractivity contribution in [3.05, 3.63) is 47.5 Å². The molecule has 2 aromatic heterocycles. The SMILES string of the molecule is CCOc1ccccc1NCc1nc2nc(C)cc(C)n2n1. The molecule has 2 heterocycles. The molecule has 22 heavy (non-hydrogen) atoms. The third-order valence-electron chi connectivity index (χ3n) is 3.29. The van der Waals surface area contributed by atoms with Crippen molar-refractivity contribution in [1.29, 1.82) is 0 Å². The zero-order valence-corrected chi connectivity index (χ0v) is 13.0. The maximum atomic E-state index is 5.60. The van der Waals surface area contributed by atoms with Crippen molar-refractivity contribution in [3.8, 4) is 5.75 Å². The first-order valence-corrected chi connectivity index (χ1v) is 7.33. The van der Waals surface area contributed by atoms with Gasteiger partial charge in [0, 0.05) is 11.4 Å². The molecular formula is C16H19N5O. The Morgan fingerprint density at radius 2 is 2.00 bits per heavy atom. The highest BCUT2D eigenvalue weighted by molar-refractivity contribution is 5.56. The molecule has 6 heteroatoms. The van der Waals surface area contributed by atoms with E-state index in [1.165, 1.54) is 0 Å². The van der Waals surface area contributed by atoms with Crippen molar-refractivity contribution in [3.63, 3.8) is 0 Å². The highest BCUT2D eigenvalue weighted by Gasteiger charge is 2.08. The molecule has 0 bridgehead atoms. The molecule has 0 fully saturated rings. The van der Waals surface area contributed by atoms with Crippen molar-refractivity contribution in [1.82, 2.24) is 19.6 Å². The van der Waals surface area contributed by atoms with Crippen molar-refractivity contribution in [2.75, 3.05) is 11.9 Å². The lowest BCUT2D eigenvalue weighted by molar-refractivity contribution is 0.341. The van der Waals surface area contributed by atoms with Gasteiger partial charge in [-0.25, -0.2) is 9.50 Å². The third-order valence-corrected chi connectivity index (χ3v) is 3.29. The Morgan fingerprint density at radius 3 is 2.82 bits per heavy atom. The summed E-state index contributed by atoms with van der Waals surface area (Å²) in [6, 6.07) is 9.84. The molecule has 0 amide bonds. The Bertz CT molecular complexity index is 796. The van der Waals surface area contributed by atoms with E-state index in [-0.39, 0.29) is 0 Å². The number of hydrogen-bond acceptors (Lipinski definition) is 5. The molecule has 0 aliphatic rings. The number of nitrogens with zero attached hydrogens (tertiary/aromatic N) is 4. The van der Waals surface area contributed by atoms with E-state index in [9.17, 15) is 0 Å². The fourth-order valence-electron chi connectivity index (χ4n) is 2.35. The minimum atomic E-state index is 0.520. The first-order valence-electron chi connectivity index (χ1n) is 7.33. The molecule has 0 radical (unpaired) electrons. The van der Waals surface area contributed by atoms with Gasteiger partial charge in [-0.1, -0.05) is 12.1 Å². The Morgan fingerprint density at radius 1 is 1.18 bits per heavy atom. The second kappa shape index (κ2) is 6.01. The Balaban J connectivity index is 1.81. The molecule has 0 unspecified atom stereocenters. The van der Waals surface area contributed by atoms with Crippen LogP contribution in [-0.4, -0.2) is 26.2 Å². The predicted molar refractivity (Wildman–Crippen MR) is 85.2 cm³/mol. The topological polar surface area (TPSA) is 64.3 Å². The van der Waals surface area contributed by atoms with Crippen LogP contribution in [0.3, 0.4) is 0 Å². The summed E-state index contributed by atoms with van der Waals surface area (Å²) < 4.78 is 7.36. The van der Waals surface area contributed by atoms with Crippen LogP contribution >= 0.6 is 0 Å². The minimum Gasteiger partial charge on any atom is -0.492 e. The molecule has 0 saturated heterocycles. The molecule has 1 aromatic carbocycles. The van der Waals surface area contributed by atoms with Gasteiger partial charge in [0.1, 0.15) is 5.75 Å². The quantitative estimate of drug-likeness (QED) is 0.784. The zero-order chi connectivity index (χ0) is 15.5. The van der Waals surface area contributed by atoms with Crippen LogP contribution in [0, 0.1) is 13.8 Å². The van der Waals surface area contributed by atoms with E-state index in [0.29, 0.717) is 24.8 Å². The Labute approximate surface area is 129 Å². The molecule has 3 rings (SSSR count). The van der Waals surface area contributed by atoms with E-state index in [1.807, 2.05) is 51.1 Å². The van der Waals surface area contributed by atoms with Gasteiger partial charge < -0.3 is 10.1 Å². The van der Waals surface area contributed by atoms with E-state index in [2.05, 4.69) is 20.4 Å². The van der Waals surface area contributed by atoms with Crippen LogP contribution in [0.25, 0.3) is 5.78 Å². The lowest BCUT2D eigenvalue weighted by atomic mass is 10.3. The molecule has 0 aliphatic heterocycles. The van der Waals surface area contributed by atoms with Gasteiger partial charge >= 0.3 is 0 Å². The van der Waals surface area contributed by atoms with Crippen LogP contribution in [0.5, 0.6) is 5.75 Å². The van der Waals surface area contributed by atoms with Gasteiger partial charge in [-0.2, -0.15) is 4.98 Å². The number of benzene rings is 1. The summed E-state index contributed by atoms with van der Waals surface area (Å²) >= 11 is 0. The molecular weight excluding hydrogens is 278 g/mol. The fourth-order valence-corrected chi connectivity index (χ4v) is 2.35. The van der Waals surface area contributed by atoms with E-state index in [1.54, 1.807) is 4.52 Å². The number of rotatable bonds is 5. The molecule has 0 atom stereocenters. The van der Waals surface area contributed by atoms with Crippen LogP contribution in [0.2, 0.25) is 0 Å². The van der Waals surface area contributed by atoms with Crippen LogP contribution < -0.4 is 10.1 Å². The lowest BCUT2D eigenvalue weighted by Gasteiger charge is -2.10. The maximum Gasteiger partial charge on any atom is 0.252 e. The van der Waals surface area contributed by atoms with Gasteiger partial charge in [-0.05, 0) is 39.0 Å². The molecule has 6 nitrogen and oxygen atoms in total. The van der Waals surface area contributed by atoms with Crippen molar-refractivity contribution in [2.24, 2.45) is 0 Å². The smallest absolute Gasteiger partial charge is 0.252 e. The summed E-state index contributed by atoms with van der Waals surface area (Å²) in [5, 5.41) is 7.80. The summed E-state index contributed by atoms with van der Waals surface area (Å²) in [4.78, 5) is 8.86. The van der Waals surface area contributed by atoms with Crippen LogP contribution in [0.15, 0.2) is 30.3 Å². The molecule has 114 valence electrons. The molecule has 0 saturated carbocycles. The average Bonchev–Trinajstić information content (AvgIpc) is 2.90. The Kier molecular flexibility index (Phi) is 3.91. The van der Waals surface area contributed by atoms with Crippen LogP contribution in [-0.2, 0) is 6.54 Å². The van der Waals surface area contributed by atoms with Crippen molar-refractivity contribution < 1.29 is 4.74 Å². The van der Waals surface area contributed by atoms with Gasteiger partial charge in [0.15, 0.2) is 5.82 Å². The number of aryl methyl sites for hydroxylation is 2. The van der Waals surface area contributed by atoms with Gasteiger partial charge in [-0.15, -0.1) is 5.10 Å². The summed E-state index contributed by atoms with van der Waals surface area (Å²) in [5.41, 5.74) is 2.90. The van der Waals surface area contributed by atoms with Gasteiger partial charge in [0.05, 0.1) is 18.8 Å². The normalized spacial score (nSPS) is 10.9. The highest BCUT2D eigenvalue weighted by Crippen LogP contribution is 2.24. The summed E-state index contributed by atoms with van der Waals surface area (Å²) in [6.07, 6.45) is 0. The van der Waals surface area contributed by atoms with Crippen molar-refractivity contribution >= 4 is 11.5 Å². The number of nitrogens with one attached hydrogen (secondary N) is 1. The van der Waals surface area contributed by atoms with Gasteiger partial charge in [0.25, 0.3) is 5.78 Å². The third kappa shape index (κ3) is 2.86. The highest BCUT2D eigenvalue weighted by atomic mass is 16.5. The first-order chi connectivity index (χ1) is 10.7. The van der Waals surface area contributed by atoms with E-state index >= 15 is 0 Å². The van der Waals surface area contributed by atoms with Crippen LogP contribution in [0.1, 0.15) is 24.1 Å². The minimum absolute atomic E-state index is 0.520. The number of ether oxygens (including phenoxy) is 1. The summed E-state index contributed by atoms with van der Waals surface area (Å²) in [6.45, 7) is 7.08. The van der Waals surface area contributed by atoms with Crippen molar-refractivity contribution in [2.45, 2.75) is 27.3 Å². The first kappa shape index (κ1) is 14.3. The largest absolute Gasteiger partial charge is 0.492 e. The van der Waals surface area contributed by atoms with Gasteiger partial charge in [-0.3, -0.25) is 0 Å². The number of anilines is 1. The molecule has 3 aromatic rings. The molecule has 1 N–H and O–H groups in total. The van der Waals surface area contributed by atoms with Gasteiger partial charge in [0.2, 0.25) is 0 Å². The number of hydrogen-bond donors (Lipinski definition) is 1. The summed E-state index contributed by atoms with van der Waals surface area (Å²) in [7, 11) is 0. The van der Waals surface area contributed by atoms with Crippen LogP contribution in [0.4, 0.5) is 5.69 Å². The number of fused-ring (bicyclic) bond motifs is 1.